The quantitative estimate of drug-likeness (QED) is 0.324. The van der Waals surface area contributed by atoms with E-state index >= 15 is 0 Å². The number of phenolic OH excluding ortho intramolecular Hbond substituents is 4. The third-order valence-corrected chi connectivity index (χ3v) is 6.10. The summed E-state index contributed by atoms with van der Waals surface area (Å²) < 4.78 is 0. The Morgan fingerprint density at radius 3 is 1.37 bits per heavy atom. The van der Waals surface area contributed by atoms with Crippen molar-refractivity contribution in [1.82, 2.24) is 0 Å². The molecular weight excluding hydrogens is 376 g/mol. The molecular formula is C26H38O4. The fourth-order valence-electron chi connectivity index (χ4n) is 4.33. The molecule has 2 rings (SSSR count). The summed E-state index contributed by atoms with van der Waals surface area (Å²) in [6.07, 6.45) is 7.00. The van der Waals surface area contributed by atoms with E-state index < -0.39 is 0 Å². The van der Waals surface area contributed by atoms with E-state index in [4.69, 9.17) is 0 Å². The average molecular weight is 415 g/mol. The molecule has 0 atom stereocenters. The van der Waals surface area contributed by atoms with Crippen molar-refractivity contribution in [2.24, 2.45) is 0 Å². The van der Waals surface area contributed by atoms with Gasteiger partial charge in [0.2, 0.25) is 0 Å². The molecule has 0 spiro atoms. The van der Waals surface area contributed by atoms with Crippen molar-refractivity contribution in [3.63, 3.8) is 0 Å². The van der Waals surface area contributed by atoms with E-state index in [0.717, 1.165) is 60.8 Å². The van der Waals surface area contributed by atoms with Crippen LogP contribution in [0, 0.1) is 13.8 Å². The van der Waals surface area contributed by atoms with Gasteiger partial charge in [0.25, 0.3) is 0 Å². The minimum Gasteiger partial charge on any atom is -0.504 e. The summed E-state index contributed by atoms with van der Waals surface area (Å²) >= 11 is 0. The van der Waals surface area contributed by atoms with Crippen molar-refractivity contribution in [1.29, 1.82) is 0 Å². The van der Waals surface area contributed by atoms with Gasteiger partial charge in [0.1, 0.15) is 0 Å². The molecule has 0 heterocycles. The Balaban J connectivity index is 2.77. The van der Waals surface area contributed by atoms with Crippen LogP contribution in [0.3, 0.4) is 0 Å². The Labute approximate surface area is 181 Å². The zero-order valence-corrected chi connectivity index (χ0v) is 19.2. The van der Waals surface area contributed by atoms with E-state index in [1.54, 1.807) is 0 Å². The lowest BCUT2D eigenvalue weighted by molar-refractivity contribution is 0.393. The normalized spacial score (nSPS) is 11.4. The Hall–Kier alpha value is -2.36. The zero-order chi connectivity index (χ0) is 22.4. The minimum atomic E-state index is -0.0453. The summed E-state index contributed by atoms with van der Waals surface area (Å²) in [4.78, 5) is 0. The van der Waals surface area contributed by atoms with Crippen molar-refractivity contribution in [2.45, 2.75) is 91.9 Å². The lowest BCUT2D eigenvalue weighted by atomic mass is 9.79. The van der Waals surface area contributed by atoms with Gasteiger partial charge >= 0.3 is 0 Å². The van der Waals surface area contributed by atoms with Gasteiger partial charge in [-0.3, -0.25) is 0 Å². The summed E-state index contributed by atoms with van der Waals surface area (Å²) in [6, 6.07) is 3.98. The Morgan fingerprint density at radius 2 is 1.03 bits per heavy atom. The molecule has 166 valence electrons. The lowest BCUT2D eigenvalue weighted by Crippen LogP contribution is -2.10. The molecule has 0 bridgehead atoms. The summed E-state index contributed by atoms with van der Waals surface area (Å²) in [5.41, 5.74) is 4.92. The molecule has 4 heteroatoms. The number of benzene rings is 2. The maximum absolute atomic E-state index is 10.8. The zero-order valence-electron chi connectivity index (χ0n) is 19.2. The smallest absolute Gasteiger partial charge is 0.161 e. The minimum absolute atomic E-state index is 0.0191. The van der Waals surface area contributed by atoms with Gasteiger partial charge < -0.3 is 20.4 Å². The highest BCUT2D eigenvalue weighted by Gasteiger charge is 2.26. The first-order chi connectivity index (χ1) is 14.3. The Bertz CT molecular complexity index is 801. The number of rotatable bonds is 10. The highest BCUT2D eigenvalue weighted by Crippen LogP contribution is 2.46. The van der Waals surface area contributed by atoms with Crippen molar-refractivity contribution in [3.05, 3.63) is 45.5 Å². The molecule has 0 aromatic heterocycles. The predicted molar refractivity (Wildman–Crippen MR) is 123 cm³/mol. The largest absolute Gasteiger partial charge is 0.504 e. The molecule has 0 unspecified atom stereocenters. The Morgan fingerprint density at radius 1 is 0.633 bits per heavy atom. The fraction of sp³-hybridized carbons (Fsp3) is 0.538. The summed E-state index contributed by atoms with van der Waals surface area (Å²) in [6.45, 7) is 9.97. The molecule has 0 aliphatic heterocycles. The first kappa shape index (κ1) is 23.9. The third kappa shape index (κ3) is 4.85. The molecule has 0 aliphatic carbocycles. The fourth-order valence-corrected chi connectivity index (χ4v) is 4.33. The number of aryl methyl sites for hydroxylation is 2. The van der Waals surface area contributed by atoms with Gasteiger partial charge in [0.05, 0.1) is 0 Å². The van der Waals surface area contributed by atoms with Crippen LogP contribution in [0.25, 0.3) is 0 Å². The van der Waals surface area contributed by atoms with Gasteiger partial charge in [-0.05, 0) is 68.2 Å². The first-order valence-corrected chi connectivity index (χ1v) is 11.4. The molecule has 0 radical (unpaired) electrons. The van der Waals surface area contributed by atoms with Crippen LogP contribution in [0.5, 0.6) is 23.0 Å². The van der Waals surface area contributed by atoms with Crippen molar-refractivity contribution >= 4 is 0 Å². The third-order valence-electron chi connectivity index (χ3n) is 6.10. The maximum atomic E-state index is 10.8. The molecule has 0 amide bonds. The van der Waals surface area contributed by atoms with Crippen LogP contribution in [-0.2, 0) is 12.8 Å². The Kier molecular flexibility index (Phi) is 8.45. The van der Waals surface area contributed by atoms with Gasteiger partial charge in [-0.1, -0.05) is 52.2 Å². The summed E-state index contributed by atoms with van der Waals surface area (Å²) in [7, 11) is 0. The van der Waals surface area contributed by atoms with Crippen LogP contribution in [0.2, 0.25) is 0 Å². The van der Waals surface area contributed by atoms with E-state index in [-0.39, 0.29) is 28.9 Å². The molecule has 0 aliphatic rings. The maximum Gasteiger partial charge on any atom is 0.161 e. The number of hydrogen-bond donors (Lipinski definition) is 4. The van der Waals surface area contributed by atoms with E-state index in [9.17, 15) is 20.4 Å². The predicted octanol–water partition coefficient (Wildman–Crippen LogP) is 6.74. The first-order valence-electron chi connectivity index (χ1n) is 11.4. The van der Waals surface area contributed by atoms with Crippen LogP contribution < -0.4 is 0 Å². The van der Waals surface area contributed by atoms with Crippen molar-refractivity contribution in [3.8, 4) is 23.0 Å². The van der Waals surface area contributed by atoms with E-state index in [1.807, 2.05) is 26.0 Å². The van der Waals surface area contributed by atoms with Crippen LogP contribution in [0.4, 0.5) is 0 Å². The molecule has 0 fully saturated rings. The van der Waals surface area contributed by atoms with Crippen LogP contribution >= 0.6 is 0 Å². The summed E-state index contributed by atoms with van der Waals surface area (Å²) in [5.74, 6) is -0.153. The lowest BCUT2D eigenvalue weighted by Gasteiger charge is -2.26. The molecule has 0 saturated heterocycles. The van der Waals surface area contributed by atoms with Gasteiger partial charge in [-0.2, -0.15) is 0 Å². The second-order valence-electron chi connectivity index (χ2n) is 8.47. The highest BCUT2D eigenvalue weighted by atomic mass is 16.3. The van der Waals surface area contributed by atoms with E-state index in [2.05, 4.69) is 20.8 Å². The van der Waals surface area contributed by atoms with Gasteiger partial charge in [-0.15, -0.1) is 0 Å². The van der Waals surface area contributed by atoms with E-state index in [1.165, 1.54) is 0 Å². The number of phenols is 4. The van der Waals surface area contributed by atoms with Gasteiger partial charge in [0.15, 0.2) is 23.0 Å². The second kappa shape index (κ2) is 10.6. The number of hydrogen-bond acceptors (Lipinski definition) is 4. The molecule has 30 heavy (non-hydrogen) atoms. The van der Waals surface area contributed by atoms with E-state index in [0.29, 0.717) is 24.0 Å². The molecule has 0 saturated carbocycles. The number of aromatic hydroxyl groups is 4. The summed E-state index contributed by atoms with van der Waals surface area (Å²) in [5, 5.41) is 42.3. The average Bonchev–Trinajstić information content (AvgIpc) is 2.73. The number of unbranched alkanes of at least 4 members (excludes halogenated alkanes) is 2. The van der Waals surface area contributed by atoms with Gasteiger partial charge in [-0.25, -0.2) is 0 Å². The highest BCUT2D eigenvalue weighted by molar-refractivity contribution is 5.60. The van der Waals surface area contributed by atoms with Crippen molar-refractivity contribution in [2.75, 3.05) is 0 Å². The van der Waals surface area contributed by atoms with Crippen molar-refractivity contribution < 1.29 is 20.4 Å². The SMILES string of the molecule is CCCCc1c(C(CCC)c2cc(C)c(O)c(O)c2CCCC)cc(C)c(O)c1O. The molecule has 2 aromatic rings. The molecule has 2 aromatic carbocycles. The standard InChI is InChI=1S/C26H38O4/c1-6-9-12-19-21(14-16(4)23(27)25(19)29)18(11-8-3)22-15-17(5)24(28)26(30)20(22)13-10-7-2/h14-15,18,27-30H,6-13H2,1-5H3. The van der Waals surface area contributed by atoms with Crippen LogP contribution in [0.15, 0.2) is 12.1 Å². The molecule has 4 nitrogen and oxygen atoms in total. The van der Waals surface area contributed by atoms with Gasteiger partial charge in [0, 0.05) is 17.0 Å². The molecule has 4 N–H and O–H groups in total. The van der Waals surface area contributed by atoms with Crippen LogP contribution in [0.1, 0.15) is 98.6 Å². The second-order valence-corrected chi connectivity index (χ2v) is 8.47. The topological polar surface area (TPSA) is 80.9 Å². The van der Waals surface area contributed by atoms with Crippen LogP contribution in [-0.4, -0.2) is 20.4 Å². The monoisotopic (exact) mass is 414 g/mol.